The second kappa shape index (κ2) is 7.93. The van der Waals surface area contributed by atoms with Crippen LogP contribution in [0.4, 0.5) is 0 Å². The maximum absolute atomic E-state index is 11.9. The molecule has 0 unspecified atom stereocenters. The van der Waals surface area contributed by atoms with Gasteiger partial charge < -0.3 is 9.47 Å². The monoisotopic (exact) mass is 312 g/mol. The van der Waals surface area contributed by atoms with Gasteiger partial charge in [-0.05, 0) is 56.5 Å². The number of aryl methyl sites for hydroxylation is 2. The molecule has 0 amide bonds. The van der Waals surface area contributed by atoms with E-state index in [1.165, 1.54) is 16.7 Å². The van der Waals surface area contributed by atoms with Crippen molar-refractivity contribution in [3.8, 4) is 0 Å². The lowest BCUT2D eigenvalue weighted by atomic mass is 10.1. The van der Waals surface area contributed by atoms with Gasteiger partial charge in [0, 0.05) is 0 Å². The van der Waals surface area contributed by atoms with Crippen molar-refractivity contribution in [2.75, 3.05) is 0 Å². The Balaban J connectivity index is 1.94. The lowest BCUT2D eigenvalue weighted by Gasteiger charge is -2.10. The topological polar surface area (TPSA) is 35.5 Å². The number of hydrogen-bond acceptors (Lipinski definition) is 3. The van der Waals surface area contributed by atoms with Crippen molar-refractivity contribution in [3.05, 3.63) is 70.3 Å². The average molecular weight is 312 g/mol. The Morgan fingerprint density at radius 2 is 1.83 bits per heavy atom. The Morgan fingerprint density at radius 3 is 2.52 bits per heavy atom. The van der Waals surface area contributed by atoms with Crippen LogP contribution in [0.2, 0.25) is 0 Å². The van der Waals surface area contributed by atoms with E-state index in [0.717, 1.165) is 5.56 Å². The van der Waals surface area contributed by atoms with Crippen LogP contribution in [0.25, 0.3) is 0 Å². The lowest BCUT2D eigenvalue weighted by Crippen LogP contribution is -2.11. The van der Waals surface area contributed by atoms with Crippen LogP contribution in [0.3, 0.4) is 0 Å². The molecule has 23 heavy (non-hydrogen) atoms. The number of carbonyl (C=O) groups is 1. The van der Waals surface area contributed by atoms with Gasteiger partial charge >= 0.3 is 5.97 Å². The van der Waals surface area contributed by atoms with Gasteiger partial charge in [-0.15, -0.1) is 0 Å². The minimum Gasteiger partial charge on any atom is -0.459 e. The van der Waals surface area contributed by atoms with Crippen LogP contribution in [0.15, 0.2) is 42.5 Å². The third-order valence-electron chi connectivity index (χ3n) is 3.53. The molecule has 122 valence electrons. The van der Waals surface area contributed by atoms with Crippen molar-refractivity contribution in [1.82, 2.24) is 0 Å². The quantitative estimate of drug-likeness (QED) is 0.732. The second-order valence-corrected chi connectivity index (χ2v) is 6.08. The zero-order chi connectivity index (χ0) is 16.8. The summed E-state index contributed by atoms with van der Waals surface area (Å²) in [5, 5.41) is 0. The maximum atomic E-state index is 11.9. The highest BCUT2D eigenvalue weighted by molar-refractivity contribution is 5.89. The summed E-state index contributed by atoms with van der Waals surface area (Å²) >= 11 is 0. The molecule has 3 heteroatoms. The van der Waals surface area contributed by atoms with Gasteiger partial charge in [0.2, 0.25) is 0 Å². The first kappa shape index (κ1) is 17.2. The first-order chi connectivity index (χ1) is 11.0. The van der Waals surface area contributed by atoms with E-state index < -0.39 is 0 Å². The average Bonchev–Trinajstić information content (AvgIpc) is 2.49. The molecule has 0 atom stereocenters. The van der Waals surface area contributed by atoms with Crippen LogP contribution in [0.1, 0.15) is 46.5 Å². The van der Waals surface area contributed by atoms with Crippen molar-refractivity contribution < 1.29 is 14.3 Å². The van der Waals surface area contributed by atoms with E-state index in [-0.39, 0.29) is 12.1 Å². The summed E-state index contributed by atoms with van der Waals surface area (Å²) < 4.78 is 11.0. The Labute approximate surface area is 138 Å². The minimum atomic E-state index is -0.295. The SMILES string of the molecule is Cc1ccc(COCc2cccc(C(=O)OC(C)C)c2)c(C)c1. The highest BCUT2D eigenvalue weighted by atomic mass is 16.5. The van der Waals surface area contributed by atoms with Crippen LogP contribution in [-0.4, -0.2) is 12.1 Å². The zero-order valence-electron chi connectivity index (χ0n) is 14.3. The number of rotatable bonds is 6. The van der Waals surface area contributed by atoms with E-state index in [2.05, 4.69) is 32.0 Å². The van der Waals surface area contributed by atoms with Crippen LogP contribution in [-0.2, 0) is 22.7 Å². The number of ether oxygens (including phenoxy) is 2. The molecule has 2 rings (SSSR count). The highest BCUT2D eigenvalue weighted by Gasteiger charge is 2.09. The second-order valence-electron chi connectivity index (χ2n) is 6.08. The molecule has 0 aliphatic rings. The van der Waals surface area contributed by atoms with Gasteiger partial charge in [0.25, 0.3) is 0 Å². The molecule has 0 saturated carbocycles. The Bertz CT molecular complexity index is 674. The van der Waals surface area contributed by atoms with Gasteiger partial charge in [-0.3, -0.25) is 0 Å². The summed E-state index contributed by atoms with van der Waals surface area (Å²) in [5.74, 6) is -0.295. The van der Waals surface area contributed by atoms with Gasteiger partial charge in [0.15, 0.2) is 0 Å². The van der Waals surface area contributed by atoms with Crippen LogP contribution >= 0.6 is 0 Å². The molecule has 0 radical (unpaired) electrons. The predicted octanol–water partition coefficient (Wildman–Crippen LogP) is 4.59. The summed E-state index contributed by atoms with van der Waals surface area (Å²) in [7, 11) is 0. The predicted molar refractivity (Wildman–Crippen MR) is 91.4 cm³/mol. The molecule has 0 aliphatic carbocycles. The number of benzene rings is 2. The van der Waals surface area contributed by atoms with Crippen molar-refractivity contribution in [1.29, 1.82) is 0 Å². The van der Waals surface area contributed by atoms with Crippen molar-refractivity contribution >= 4 is 5.97 Å². The summed E-state index contributed by atoms with van der Waals surface area (Å²) in [6.45, 7) is 8.89. The number of hydrogen-bond donors (Lipinski definition) is 0. The Morgan fingerprint density at radius 1 is 1.04 bits per heavy atom. The zero-order valence-corrected chi connectivity index (χ0v) is 14.3. The third kappa shape index (κ3) is 5.22. The molecule has 0 heterocycles. The summed E-state index contributed by atoms with van der Waals surface area (Å²) in [4.78, 5) is 11.9. The van der Waals surface area contributed by atoms with Gasteiger partial charge in [0.05, 0.1) is 24.9 Å². The van der Waals surface area contributed by atoms with Gasteiger partial charge in [-0.2, -0.15) is 0 Å². The Hall–Kier alpha value is -2.13. The van der Waals surface area contributed by atoms with Crippen LogP contribution in [0.5, 0.6) is 0 Å². The fourth-order valence-electron chi connectivity index (χ4n) is 2.36. The van der Waals surface area contributed by atoms with Crippen molar-refractivity contribution in [2.24, 2.45) is 0 Å². The van der Waals surface area contributed by atoms with E-state index in [4.69, 9.17) is 9.47 Å². The normalized spacial score (nSPS) is 10.8. The smallest absolute Gasteiger partial charge is 0.338 e. The molecule has 0 fully saturated rings. The fourth-order valence-corrected chi connectivity index (χ4v) is 2.36. The fraction of sp³-hybridized carbons (Fsp3) is 0.350. The van der Waals surface area contributed by atoms with Crippen LogP contribution < -0.4 is 0 Å². The molecule has 0 aliphatic heterocycles. The Kier molecular flexibility index (Phi) is 5.94. The number of carbonyl (C=O) groups excluding carboxylic acids is 1. The molecule has 0 N–H and O–H groups in total. The van der Waals surface area contributed by atoms with Gasteiger partial charge in [-0.25, -0.2) is 4.79 Å². The molecule has 2 aromatic rings. The standard InChI is InChI=1S/C20H24O3/c1-14(2)23-20(21)18-7-5-6-17(11-18)12-22-13-19-9-8-15(3)10-16(19)4/h5-11,14H,12-13H2,1-4H3. The van der Waals surface area contributed by atoms with E-state index in [1.807, 2.05) is 32.0 Å². The van der Waals surface area contributed by atoms with Crippen molar-refractivity contribution in [3.63, 3.8) is 0 Å². The first-order valence-electron chi connectivity index (χ1n) is 7.89. The van der Waals surface area contributed by atoms with Crippen LogP contribution in [0, 0.1) is 13.8 Å². The lowest BCUT2D eigenvalue weighted by molar-refractivity contribution is 0.0377. The summed E-state index contributed by atoms with van der Waals surface area (Å²) in [6, 6.07) is 13.7. The van der Waals surface area contributed by atoms with E-state index in [9.17, 15) is 4.79 Å². The first-order valence-corrected chi connectivity index (χ1v) is 7.89. The van der Waals surface area contributed by atoms with E-state index in [0.29, 0.717) is 18.8 Å². The summed E-state index contributed by atoms with van der Waals surface area (Å²) in [6.07, 6.45) is -0.119. The number of esters is 1. The van der Waals surface area contributed by atoms with E-state index >= 15 is 0 Å². The minimum absolute atomic E-state index is 0.119. The molecule has 0 spiro atoms. The largest absolute Gasteiger partial charge is 0.459 e. The van der Waals surface area contributed by atoms with Gasteiger partial charge in [-0.1, -0.05) is 35.9 Å². The molecule has 0 bridgehead atoms. The highest BCUT2D eigenvalue weighted by Crippen LogP contribution is 2.14. The molecular weight excluding hydrogens is 288 g/mol. The third-order valence-corrected chi connectivity index (χ3v) is 3.53. The summed E-state index contributed by atoms with van der Waals surface area (Å²) in [5.41, 5.74) is 5.20. The molecule has 3 nitrogen and oxygen atoms in total. The molecular formula is C20H24O3. The van der Waals surface area contributed by atoms with Gasteiger partial charge in [0.1, 0.15) is 0 Å². The molecule has 0 saturated heterocycles. The van der Waals surface area contributed by atoms with E-state index in [1.54, 1.807) is 6.07 Å². The maximum Gasteiger partial charge on any atom is 0.338 e. The molecule has 2 aromatic carbocycles. The van der Waals surface area contributed by atoms with Crippen molar-refractivity contribution in [2.45, 2.75) is 47.0 Å². The molecule has 0 aromatic heterocycles.